The van der Waals surface area contributed by atoms with Crippen LogP contribution in [-0.4, -0.2) is 76.2 Å². The first-order valence-electron chi connectivity index (χ1n) is 11.1. The van der Waals surface area contributed by atoms with Crippen molar-refractivity contribution in [3.05, 3.63) is 35.9 Å². The zero-order valence-corrected chi connectivity index (χ0v) is 20.8. The van der Waals surface area contributed by atoms with E-state index in [4.69, 9.17) is 5.73 Å². The Hall–Kier alpha value is -2.63. The fourth-order valence-corrected chi connectivity index (χ4v) is 3.52. The molecular formula is C23H36N4O6S. The highest BCUT2D eigenvalue weighted by Crippen LogP contribution is 2.08. The van der Waals surface area contributed by atoms with Gasteiger partial charge in [0.15, 0.2) is 6.04 Å². The Morgan fingerprint density at radius 1 is 0.941 bits per heavy atom. The van der Waals surface area contributed by atoms with Crippen LogP contribution in [0.3, 0.4) is 0 Å². The first-order valence-corrected chi connectivity index (χ1v) is 12.5. The zero-order valence-electron chi connectivity index (χ0n) is 20.0. The molecule has 5 unspecified atom stereocenters. The van der Waals surface area contributed by atoms with Gasteiger partial charge in [0.2, 0.25) is 17.7 Å². The monoisotopic (exact) mass is 496 g/mol. The molecule has 0 aliphatic rings. The van der Waals surface area contributed by atoms with Crippen molar-refractivity contribution >= 4 is 35.5 Å². The Balaban J connectivity index is 3.08. The minimum Gasteiger partial charge on any atom is -0.480 e. The number of aliphatic hydroxyl groups is 1. The standard InChI is InChI=1S/C23H36N4O6S/c1-13(2)18(24)22(31)26-17(12-15-8-6-5-7-9-15)21(30)25-16(10-11-34-4)20(29)27-19(14(3)28)23(32)33/h5-9,13-14,16-19,28H,10-12,24H2,1-4H3,(H,25,30)(H,26,31)(H,27,29)(H,32,33). The van der Waals surface area contributed by atoms with E-state index in [1.807, 2.05) is 36.6 Å². The summed E-state index contributed by atoms with van der Waals surface area (Å²) in [6, 6.07) is 4.67. The predicted octanol–water partition coefficient (Wildman–Crippen LogP) is -0.115. The molecule has 0 radical (unpaired) electrons. The van der Waals surface area contributed by atoms with Crippen LogP contribution in [0.1, 0.15) is 32.8 Å². The minimum absolute atomic E-state index is 0.144. The molecule has 7 N–H and O–H groups in total. The van der Waals surface area contributed by atoms with Crippen molar-refractivity contribution in [1.29, 1.82) is 0 Å². The molecule has 10 nitrogen and oxygen atoms in total. The van der Waals surface area contributed by atoms with Gasteiger partial charge in [0.25, 0.3) is 0 Å². The van der Waals surface area contributed by atoms with Crippen LogP contribution in [-0.2, 0) is 25.6 Å². The third-order valence-corrected chi connectivity index (χ3v) is 5.87. The Bertz CT molecular complexity index is 821. The van der Waals surface area contributed by atoms with Crippen molar-refractivity contribution in [2.45, 2.75) is 63.9 Å². The average molecular weight is 497 g/mol. The van der Waals surface area contributed by atoms with Gasteiger partial charge in [-0.15, -0.1) is 0 Å². The number of hydrogen-bond acceptors (Lipinski definition) is 7. The molecule has 0 aliphatic heterocycles. The smallest absolute Gasteiger partial charge is 0.328 e. The van der Waals surface area contributed by atoms with Crippen molar-refractivity contribution in [3.8, 4) is 0 Å². The van der Waals surface area contributed by atoms with Crippen molar-refractivity contribution in [3.63, 3.8) is 0 Å². The summed E-state index contributed by atoms with van der Waals surface area (Å²) in [6.07, 6.45) is 0.896. The molecule has 1 aromatic carbocycles. The average Bonchev–Trinajstić information content (AvgIpc) is 2.78. The van der Waals surface area contributed by atoms with E-state index in [1.54, 1.807) is 13.8 Å². The van der Waals surface area contributed by atoms with Crippen LogP contribution in [0.15, 0.2) is 30.3 Å². The Labute approximate surface area is 204 Å². The second-order valence-electron chi connectivity index (χ2n) is 8.43. The van der Waals surface area contributed by atoms with Gasteiger partial charge in [-0.1, -0.05) is 44.2 Å². The quantitative estimate of drug-likeness (QED) is 0.207. The number of carbonyl (C=O) groups is 4. The summed E-state index contributed by atoms with van der Waals surface area (Å²) < 4.78 is 0. The number of thioether (sulfide) groups is 1. The highest BCUT2D eigenvalue weighted by molar-refractivity contribution is 7.98. The molecule has 0 aromatic heterocycles. The normalized spacial score (nSPS) is 15.5. The number of carbonyl (C=O) groups excluding carboxylic acids is 3. The summed E-state index contributed by atoms with van der Waals surface area (Å²) in [5.41, 5.74) is 6.74. The largest absolute Gasteiger partial charge is 0.480 e. The molecule has 5 atom stereocenters. The number of aliphatic carboxylic acids is 1. The third-order valence-electron chi connectivity index (χ3n) is 5.23. The third kappa shape index (κ3) is 9.70. The van der Waals surface area contributed by atoms with Crippen LogP contribution >= 0.6 is 11.8 Å². The molecule has 1 rings (SSSR count). The zero-order chi connectivity index (χ0) is 25.8. The van der Waals surface area contributed by atoms with Gasteiger partial charge < -0.3 is 31.9 Å². The molecule has 0 fully saturated rings. The van der Waals surface area contributed by atoms with Crippen LogP contribution < -0.4 is 21.7 Å². The summed E-state index contributed by atoms with van der Waals surface area (Å²) >= 11 is 1.45. The molecule has 1 aromatic rings. The van der Waals surface area contributed by atoms with Gasteiger partial charge >= 0.3 is 5.97 Å². The number of amides is 3. The van der Waals surface area contributed by atoms with Gasteiger partial charge in [-0.05, 0) is 36.8 Å². The van der Waals surface area contributed by atoms with E-state index >= 15 is 0 Å². The maximum absolute atomic E-state index is 13.2. The second kappa shape index (κ2) is 14.6. The molecule has 11 heteroatoms. The van der Waals surface area contributed by atoms with E-state index in [9.17, 15) is 29.4 Å². The van der Waals surface area contributed by atoms with E-state index in [0.717, 1.165) is 5.56 Å². The van der Waals surface area contributed by atoms with Gasteiger partial charge in [-0.2, -0.15) is 11.8 Å². The van der Waals surface area contributed by atoms with E-state index in [0.29, 0.717) is 5.75 Å². The minimum atomic E-state index is -1.52. The number of rotatable bonds is 14. The lowest BCUT2D eigenvalue weighted by atomic mass is 10.0. The SMILES string of the molecule is CSCCC(NC(=O)C(Cc1ccccc1)NC(=O)C(N)C(C)C)C(=O)NC(C(=O)O)C(C)O. The van der Waals surface area contributed by atoms with Gasteiger partial charge in [-0.25, -0.2) is 4.79 Å². The molecule has 190 valence electrons. The fraction of sp³-hybridized carbons (Fsp3) is 0.565. The lowest BCUT2D eigenvalue weighted by Crippen LogP contribution is -2.59. The summed E-state index contributed by atoms with van der Waals surface area (Å²) in [5, 5.41) is 26.5. The van der Waals surface area contributed by atoms with Gasteiger partial charge in [-0.3, -0.25) is 14.4 Å². The molecule has 0 saturated carbocycles. The first kappa shape index (κ1) is 29.4. The summed E-state index contributed by atoms with van der Waals surface area (Å²) in [4.78, 5) is 49.9. The number of hydrogen-bond donors (Lipinski definition) is 6. The van der Waals surface area contributed by atoms with Crippen molar-refractivity contribution in [2.75, 3.05) is 12.0 Å². The van der Waals surface area contributed by atoms with Crippen molar-refractivity contribution < 1.29 is 29.4 Å². The van der Waals surface area contributed by atoms with E-state index in [2.05, 4.69) is 16.0 Å². The lowest BCUT2D eigenvalue weighted by Gasteiger charge is -2.26. The lowest BCUT2D eigenvalue weighted by molar-refractivity contribution is -0.145. The van der Waals surface area contributed by atoms with E-state index < -0.39 is 54.0 Å². The Morgan fingerprint density at radius 2 is 1.50 bits per heavy atom. The van der Waals surface area contributed by atoms with Crippen molar-refractivity contribution in [1.82, 2.24) is 16.0 Å². The summed E-state index contributed by atoms with van der Waals surface area (Å²) in [7, 11) is 0. The Kier molecular flexibility index (Phi) is 12.6. The van der Waals surface area contributed by atoms with Gasteiger partial charge in [0, 0.05) is 6.42 Å². The van der Waals surface area contributed by atoms with E-state index in [1.165, 1.54) is 18.7 Å². The molecule has 34 heavy (non-hydrogen) atoms. The van der Waals surface area contributed by atoms with Crippen LogP contribution in [0.2, 0.25) is 0 Å². The molecule has 3 amide bonds. The highest BCUT2D eigenvalue weighted by Gasteiger charge is 2.32. The maximum atomic E-state index is 13.2. The van der Waals surface area contributed by atoms with Crippen LogP contribution in [0, 0.1) is 5.92 Å². The number of benzene rings is 1. The molecular weight excluding hydrogens is 460 g/mol. The van der Waals surface area contributed by atoms with Gasteiger partial charge in [0.05, 0.1) is 12.1 Å². The first-order chi connectivity index (χ1) is 16.0. The fourth-order valence-electron chi connectivity index (χ4n) is 3.05. The van der Waals surface area contributed by atoms with Gasteiger partial charge in [0.1, 0.15) is 12.1 Å². The number of nitrogens with two attached hydrogens (primary N) is 1. The molecule has 0 bridgehead atoms. The van der Waals surface area contributed by atoms with E-state index in [-0.39, 0.29) is 18.8 Å². The topological polar surface area (TPSA) is 171 Å². The predicted molar refractivity (Wildman–Crippen MR) is 131 cm³/mol. The second-order valence-corrected chi connectivity index (χ2v) is 9.41. The summed E-state index contributed by atoms with van der Waals surface area (Å²) in [6.45, 7) is 4.83. The number of carboxylic acids is 1. The summed E-state index contributed by atoms with van der Waals surface area (Å²) in [5.74, 6) is -2.85. The molecule has 0 saturated heterocycles. The molecule has 0 heterocycles. The maximum Gasteiger partial charge on any atom is 0.328 e. The van der Waals surface area contributed by atoms with Crippen LogP contribution in [0.25, 0.3) is 0 Å². The number of aliphatic hydroxyl groups excluding tert-OH is 1. The van der Waals surface area contributed by atoms with Crippen LogP contribution in [0.5, 0.6) is 0 Å². The molecule has 0 spiro atoms. The molecule has 0 aliphatic carbocycles. The van der Waals surface area contributed by atoms with Crippen molar-refractivity contribution in [2.24, 2.45) is 11.7 Å². The number of nitrogens with one attached hydrogen (secondary N) is 3. The van der Waals surface area contributed by atoms with Crippen LogP contribution in [0.4, 0.5) is 0 Å². The highest BCUT2D eigenvalue weighted by atomic mass is 32.2. The number of carboxylic acid groups (broad SMARTS) is 1. The Morgan fingerprint density at radius 3 is 2.00 bits per heavy atom.